The van der Waals surface area contributed by atoms with Gasteiger partial charge in [-0.05, 0) is 38.3 Å². The minimum Gasteiger partial charge on any atom is -0.472 e. The molecule has 0 radical (unpaired) electrons. The van der Waals surface area contributed by atoms with Crippen LogP contribution in [-0.4, -0.2) is 30.9 Å². The van der Waals surface area contributed by atoms with E-state index >= 15 is 0 Å². The summed E-state index contributed by atoms with van der Waals surface area (Å²) in [6, 6.07) is 0. The van der Waals surface area contributed by atoms with Gasteiger partial charge in [-0.2, -0.15) is 0 Å². The minimum atomic E-state index is -0.498. The van der Waals surface area contributed by atoms with E-state index in [2.05, 4.69) is 13.0 Å². The normalized spacial score (nSPS) is 39.4. The molecular weight excluding hydrogens is 268 g/mol. The second-order valence-electron chi connectivity index (χ2n) is 6.42. The SMILES string of the molecule is CC/C=C1\C[C@H]2OC(C)(C)O[C@H]2[C@@H]2C[C@H](OCC)OC=C12. The molecule has 0 aromatic heterocycles. The van der Waals surface area contributed by atoms with Crippen LogP contribution in [0.5, 0.6) is 0 Å². The first-order chi connectivity index (χ1) is 10.0. The first-order valence-electron chi connectivity index (χ1n) is 8.06. The molecular formula is C17H26O4. The van der Waals surface area contributed by atoms with Crippen molar-refractivity contribution in [2.75, 3.05) is 6.61 Å². The zero-order valence-electron chi connectivity index (χ0n) is 13.4. The molecule has 2 fully saturated rings. The van der Waals surface area contributed by atoms with E-state index in [4.69, 9.17) is 18.9 Å². The second-order valence-corrected chi connectivity index (χ2v) is 6.42. The average molecular weight is 294 g/mol. The van der Waals surface area contributed by atoms with Crippen molar-refractivity contribution in [1.29, 1.82) is 0 Å². The lowest BCUT2D eigenvalue weighted by molar-refractivity contribution is -0.158. The van der Waals surface area contributed by atoms with Gasteiger partial charge in [0.2, 0.25) is 0 Å². The highest BCUT2D eigenvalue weighted by atomic mass is 16.8. The fraction of sp³-hybridized carbons (Fsp3) is 0.765. The highest BCUT2D eigenvalue weighted by Gasteiger charge is 2.51. The van der Waals surface area contributed by atoms with Crippen LogP contribution >= 0.6 is 0 Å². The number of fused-ring (bicyclic) bond motifs is 3. The lowest BCUT2D eigenvalue weighted by atomic mass is 9.75. The summed E-state index contributed by atoms with van der Waals surface area (Å²) in [7, 11) is 0. The monoisotopic (exact) mass is 294 g/mol. The van der Waals surface area contributed by atoms with Crippen LogP contribution in [-0.2, 0) is 18.9 Å². The molecule has 0 bridgehead atoms. The van der Waals surface area contributed by atoms with Gasteiger partial charge < -0.3 is 18.9 Å². The lowest BCUT2D eigenvalue weighted by Gasteiger charge is -2.39. The van der Waals surface area contributed by atoms with Crippen LogP contribution in [0, 0.1) is 5.92 Å². The predicted molar refractivity (Wildman–Crippen MR) is 79.5 cm³/mol. The molecule has 4 heteroatoms. The molecule has 0 amide bonds. The van der Waals surface area contributed by atoms with Gasteiger partial charge in [0.25, 0.3) is 0 Å². The third kappa shape index (κ3) is 2.89. The molecule has 21 heavy (non-hydrogen) atoms. The van der Waals surface area contributed by atoms with Gasteiger partial charge in [-0.25, -0.2) is 0 Å². The van der Waals surface area contributed by atoms with Crippen molar-refractivity contribution in [3.05, 3.63) is 23.5 Å². The summed E-state index contributed by atoms with van der Waals surface area (Å²) in [6.07, 6.45) is 7.02. The molecule has 118 valence electrons. The summed E-state index contributed by atoms with van der Waals surface area (Å²) in [5.74, 6) is -0.199. The Kier molecular flexibility index (Phi) is 4.12. The molecule has 2 heterocycles. The van der Waals surface area contributed by atoms with Gasteiger partial charge in [0.1, 0.15) is 0 Å². The van der Waals surface area contributed by atoms with Crippen molar-refractivity contribution in [1.82, 2.24) is 0 Å². The van der Waals surface area contributed by atoms with Gasteiger partial charge in [0, 0.05) is 25.4 Å². The maximum absolute atomic E-state index is 6.17. The van der Waals surface area contributed by atoms with E-state index in [1.165, 1.54) is 11.1 Å². The van der Waals surface area contributed by atoms with Gasteiger partial charge in [-0.3, -0.25) is 0 Å². The largest absolute Gasteiger partial charge is 0.472 e. The predicted octanol–water partition coefficient (Wildman–Crippen LogP) is 3.53. The van der Waals surface area contributed by atoms with Crippen LogP contribution in [0.3, 0.4) is 0 Å². The van der Waals surface area contributed by atoms with Crippen LogP contribution in [0.25, 0.3) is 0 Å². The Bertz CT molecular complexity index is 452. The van der Waals surface area contributed by atoms with Crippen LogP contribution in [0.2, 0.25) is 0 Å². The number of hydrogen-bond acceptors (Lipinski definition) is 4. The molecule has 1 saturated carbocycles. The van der Waals surface area contributed by atoms with E-state index in [0.29, 0.717) is 12.5 Å². The molecule has 0 aromatic carbocycles. The fourth-order valence-corrected chi connectivity index (χ4v) is 3.69. The molecule has 3 aliphatic rings. The standard InChI is InChI=1S/C17H26O4/c1-5-7-11-8-14-16(21-17(3,4)20-14)12-9-15(18-6-2)19-10-13(11)12/h7,10,12,14-16H,5-6,8-9H2,1-4H3/b11-7+/t12-,14-,15-,16+/m1/s1. The highest BCUT2D eigenvalue weighted by Crippen LogP contribution is 2.47. The van der Waals surface area contributed by atoms with Gasteiger partial charge in [0.05, 0.1) is 18.5 Å². The Labute approximate surface area is 127 Å². The van der Waals surface area contributed by atoms with Gasteiger partial charge in [-0.1, -0.05) is 13.0 Å². The molecule has 1 aliphatic carbocycles. The van der Waals surface area contributed by atoms with Crippen LogP contribution < -0.4 is 0 Å². The molecule has 0 aromatic rings. The lowest BCUT2D eigenvalue weighted by Crippen LogP contribution is -2.42. The smallest absolute Gasteiger partial charge is 0.199 e. The first-order valence-corrected chi connectivity index (χ1v) is 8.06. The Morgan fingerprint density at radius 1 is 1.33 bits per heavy atom. The van der Waals surface area contributed by atoms with Crippen molar-refractivity contribution in [2.45, 2.75) is 71.2 Å². The second kappa shape index (κ2) is 5.75. The Hall–Kier alpha value is -0.840. The Morgan fingerprint density at radius 3 is 2.86 bits per heavy atom. The van der Waals surface area contributed by atoms with Crippen LogP contribution in [0.1, 0.15) is 47.0 Å². The first kappa shape index (κ1) is 15.1. The third-order valence-electron chi connectivity index (χ3n) is 4.41. The molecule has 4 atom stereocenters. The van der Waals surface area contributed by atoms with Crippen molar-refractivity contribution in [2.24, 2.45) is 5.92 Å². The van der Waals surface area contributed by atoms with Crippen molar-refractivity contribution in [3.8, 4) is 0 Å². The number of rotatable bonds is 3. The molecule has 3 rings (SSSR count). The Balaban J connectivity index is 1.88. The molecule has 0 spiro atoms. The zero-order chi connectivity index (χ0) is 15.0. The quantitative estimate of drug-likeness (QED) is 0.798. The summed E-state index contributed by atoms with van der Waals surface area (Å²) >= 11 is 0. The molecule has 0 N–H and O–H groups in total. The summed E-state index contributed by atoms with van der Waals surface area (Å²) < 4.78 is 23.7. The average Bonchev–Trinajstić information content (AvgIpc) is 2.74. The molecule has 0 unspecified atom stereocenters. The topological polar surface area (TPSA) is 36.9 Å². The van der Waals surface area contributed by atoms with E-state index in [0.717, 1.165) is 19.3 Å². The zero-order valence-corrected chi connectivity index (χ0v) is 13.4. The molecule has 2 aliphatic heterocycles. The van der Waals surface area contributed by atoms with Crippen molar-refractivity contribution < 1.29 is 18.9 Å². The fourth-order valence-electron chi connectivity index (χ4n) is 3.69. The van der Waals surface area contributed by atoms with E-state index in [9.17, 15) is 0 Å². The van der Waals surface area contributed by atoms with Crippen molar-refractivity contribution in [3.63, 3.8) is 0 Å². The van der Waals surface area contributed by atoms with E-state index in [1.54, 1.807) is 0 Å². The minimum absolute atomic E-state index is 0.104. The van der Waals surface area contributed by atoms with E-state index < -0.39 is 5.79 Å². The summed E-state index contributed by atoms with van der Waals surface area (Å²) in [6.45, 7) is 8.81. The van der Waals surface area contributed by atoms with Gasteiger partial charge in [0.15, 0.2) is 12.1 Å². The number of ether oxygens (including phenoxy) is 4. The summed E-state index contributed by atoms with van der Waals surface area (Å²) in [5, 5.41) is 0. The highest BCUT2D eigenvalue weighted by molar-refractivity contribution is 5.38. The summed E-state index contributed by atoms with van der Waals surface area (Å²) in [4.78, 5) is 0. The van der Waals surface area contributed by atoms with Gasteiger partial charge >= 0.3 is 0 Å². The number of hydrogen-bond donors (Lipinski definition) is 0. The third-order valence-corrected chi connectivity index (χ3v) is 4.41. The summed E-state index contributed by atoms with van der Waals surface area (Å²) in [5.41, 5.74) is 2.62. The van der Waals surface area contributed by atoms with Gasteiger partial charge in [-0.15, -0.1) is 0 Å². The Morgan fingerprint density at radius 2 is 2.14 bits per heavy atom. The van der Waals surface area contributed by atoms with E-state index in [1.807, 2.05) is 27.0 Å². The maximum atomic E-state index is 6.17. The maximum Gasteiger partial charge on any atom is 0.199 e. The van der Waals surface area contributed by atoms with Crippen molar-refractivity contribution >= 4 is 0 Å². The molecule has 4 nitrogen and oxygen atoms in total. The van der Waals surface area contributed by atoms with Crippen LogP contribution in [0.15, 0.2) is 23.5 Å². The number of allylic oxidation sites excluding steroid dienone is 1. The van der Waals surface area contributed by atoms with E-state index in [-0.39, 0.29) is 18.5 Å². The molecule has 1 saturated heterocycles. The van der Waals surface area contributed by atoms with Crippen LogP contribution in [0.4, 0.5) is 0 Å².